The van der Waals surface area contributed by atoms with Crippen molar-refractivity contribution < 1.29 is 14.1 Å². The Kier molecular flexibility index (Phi) is 4.47. The van der Waals surface area contributed by atoms with Crippen molar-refractivity contribution in [3.63, 3.8) is 0 Å². The first-order chi connectivity index (χ1) is 12.6. The van der Waals surface area contributed by atoms with Crippen molar-refractivity contribution in [2.45, 2.75) is 33.4 Å². The molecule has 1 aliphatic rings. The molecule has 0 saturated carbocycles. The van der Waals surface area contributed by atoms with Crippen LogP contribution in [0.3, 0.4) is 0 Å². The summed E-state index contributed by atoms with van der Waals surface area (Å²) >= 11 is 6.30. The third-order valence-electron chi connectivity index (χ3n) is 5.13. The number of benzene rings is 2. The van der Waals surface area contributed by atoms with E-state index in [1.807, 2.05) is 50.2 Å². The standard InChI is InChI=1S/C21H20ClNO3/c1-3-15-13(2)16-8-9-19-17(20(16)26-21(15)24)11-23(12-25-19)10-14-6-4-5-7-18(14)22/h4-9H,3,10-12H2,1-2H3/p+1. The first kappa shape index (κ1) is 17.1. The van der Waals surface area contributed by atoms with Crippen LogP contribution in [0.2, 0.25) is 5.02 Å². The predicted molar refractivity (Wildman–Crippen MR) is 102 cm³/mol. The molecule has 0 spiro atoms. The second-order valence-electron chi connectivity index (χ2n) is 6.75. The molecule has 0 amide bonds. The lowest BCUT2D eigenvalue weighted by molar-refractivity contribution is -0.945. The lowest BCUT2D eigenvalue weighted by Gasteiger charge is -2.27. The van der Waals surface area contributed by atoms with Gasteiger partial charge in [0.05, 0.1) is 5.56 Å². The summed E-state index contributed by atoms with van der Waals surface area (Å²) < 4.78 is 11.7. The molecule has 4 rings (SSSR count). The molecule has 1 aliphatic heterocycles. The number of nitrogens with one attached hydrogen (secondary N) is 1. The van der Waals surface area contributed by atoms with Gasteiger partial charge in [0.25, 0.3) is 0 Å². The van der Waals surface area contributed by atoms with Crippen molar-refractivity contribution in [1.82, 2.24) is 0 Å². The average Bonchev–Trinajstić information content (AvgIpc) is 2.64. The van der Waals surface area contributed by atoms with Crippen molar-refractivity contribution in [3.05, 3.63) is 74.1 Å². The number of aryl methyl sites for hydroxylation is 1. The van der Waals surface area contributed by atoms with Gasteiger partial charge in [-0.15, -0.1) is 0 Å². The minimum Gasteiger partial charge on any atom is -0.445 e. The molecule has 134 valence electrons. The first-order valence-corrected chi connectivity index (χ1v) is 9.24. The van der Waals surface area contributed by atoms with Crippen molar-refractivity contribution in [1.29, 1.82) is 0 Å². The molecule has 3 aromatic rings. The van der Waals surface area contributed by atoms with Gasteiger partial charge < -0.3 is 9.15 Å². The minimum absolute atomic E-state index is 0.246. The molecule has 1 aromatic heterocycles. The summed E-state index contributed by atoms with van der Waals surface area (Å²) in [5, 5.41) is 1.75. The van der Waals surface area contributed by atoms with Crippen LogP contribution in [-0.2, 0) is 19.5 Å². The number of hydrogen-bond donors (Lipinski definition) is 1. The van der Waals surface area contributed by atoms with Crippen LogP contribution in [0.4, 0.5) is 0 Å². The number of ether oxygens (including phenoxy) is 1. The van der Waals surface area contributed by atoms with Crippen LogP contribution < -0.4 is 15.3 Å². The zero-order valence-electron chi connectivity index (χ0n) is 14.9. The summed E-state index contributed by atoms with van der Waals surface area (Å²) in [6.07, 6.45) is 0.668. The van der Waals surface area contributed by atoms with E-state index in [9.17, 15) is 4.79 Å². The molecule has 0 radical (unpaired) electrons. The predicted octanol–water partition coefficient (Wildman–Crippen LogP) is 3.25. The summed E-state index contributed by atoms with van der Waals surface area (Å²) in [5.41, 5.74) is 4.19. The molecule has 0 fully saturated rings. The molecule has 0 saturated heterocycles. The fourth-order valence-electron chi connectivity index (χ4n) is 3.71. The van der Waals surface area contributed by atoms with E-state index in [2.05, 4.69) is 0 Å². The van der Waals surface area contributed by atoms with Crippen molar-refractivity contribution in [3.8, 4) is 5.75 Å². The number of hydrogen-bond acceptors (Lipinski definition) is 3. The van der Waals surface area contributed by atoms with E-state index in [1.54, 1.807) is 0 Å². The zero-order valence-corrected chi connectivity index (χ0v) is 15.7. The number of quaternary nitrogens is 1. The lowest BCUT2D eigenvalue weighted by Crippen LogP contribution is -3.10. The fraction of sp³-hybridized carbons (Fsp3) is 0.286. The highest BCUT2D eigenvalue weighted by Crippen LogP contribution is 2.31. The summed E-state index contributed by atoms with van der Waals surface area (Å²) in [6, 6.07) is 11.8. The maximum atomic E-state index is 12.4. The molecule has 1 N–H and O–H groups in total. The Bertz CT molecular complexity index is 1040. The van der Waals surface area contributed by atoms with E-state index >= 15 is 0 Å². The number of halogens is 1. The van der Waals surface area contributed by atoms with Crippen molar-refractivity contribution >= 4 is 22.6 Å². The van der Waals surface area contributed by atoms with Gasteiger partial charge in [0, 0.05) is 21.5 Å². The van der Waals surface area contributed by atoms with Gasteiger partial charge in [0.2, 0.25) is 6.73 Å². The second kappa shape index (κ2) is 6.78. The van der Waals surface area contributed by atoms with Gasteiger partial charge in [-0.3, -0.25) is 4.90 Å². The molecule has 1 atom stereocenters. The Hall–Kier alpha value is -2.30. The first-order valence-electron chi connectivity index (χ1n) is 8.86. The van der Waals surface area contributed by atoms with Crippen LogP contribution in [0.1, 0.15) is 29.2 Å². The molecule has 26 heavy (non-hydrogen) atoms. The maximum absolute atomic E-state index is 12.4. The number of rotatable bonds is 3. The number of fused-ring (bicyclic) bond motifs is 3. The molecule has 2 aromatic carbocycles. The second-order valence-corrected chi connectivity index (χ2v) is 7.16. The highest BCUT2D eigenvalue weighted by atomic mass is 35.5. The monoisotopic (exact) mass is 370 g/mol. The van der Waals surface area contributed by atoms with Crippen LogP contribution in [0.5, 0.6) is 5.75 Å². The summed E-state index contributed by atoms with van der Waals surface area (Å²) in [7, 11) is 0. The topological polar surface area (TPSA) is 43.9 Å². The van der Waals surface area contributed by atoms with E-state index in [1.165, 1.54) is 4.90 Å². The largest absolute Gasteiger partial charge is 0.445 e. The van der Waals surface area contributed by atoms with E-state index in [0.717, 1.165) is 51.5 Å². The molecular weight excluding hydrogens is 350 g/mol. The molecule has 2 heterocycles. The summed E-state index contributed by atoms with van der Waals surface area (Å²) in [4.78, 5) is 13.6. The Balaban J connectivity index is 1.75. The molecule has 4 nitrogen and oxygen atoms in total. The molecule has 1 unspecified atom stereocenters. The third kappa shape index (κ3) is 2.89. The average molecular weight is 371 g/mol. The summed E-state index contributed by atoms with van der Waals surface area (Å²) in [6.45, 7) is 6.00. The Labute approximate surface area is 156 Å². The minimum atomic E-state index is -0.246. The Morgan fingerprint density at radius 1 is 1.19 bits per heavy atom. The zero-order chi connectivity index (χ0) is 18.3. The van der Waals surface area contributed by atoms with Crippen LogP contribution in [0.25, 0.3) is 11.0 Å². The van der Waals surface area contributed by atoms with E-state index < -0.39 is 0 Å². The van der Waals surface area contributed by atoms with Crippen LogP contribution in [0, 0.1) is 6.92 Å². The van der Waals surface area contributed by atoms with Gasteiger partial charge in [-0.2, -0.15) is 0 Å². The quantitative estimate of drug-likeness (QED) is 0.720. The smallest absolute Gasteiger partial charge is 0.339 e. The van der Waals surface area contributed by atoms with Gasteiger partial charge in [0.15, 0.2) is 5.58 Å². The lowest BCUT2D eigenvalue weighted by atomic mass is 10.0. The fourth-order valence-corrected chi connectivity index (χ4v) is 3.91. The van der Waals surface area contributed by atoms with Gasteiger partial charge >= 0.3 is 5.63 Å². The third-order valence-corrected chi connectivity index (χ3v) is 5.49. The van der Waals surface area contributed by atoms with Gasteiger partial charge in [-0.25, -0.2) is 4.79 Å². The van der Waals surface area contributed by atoms with Crippen LogP contribution >= 0.6 is 11.6 Å². The van der Waals surface area contributed by atoms with Crippen molar-refractivity contribution in [2.75, 3.05) is 6.73 Å². The van der Waals surface area contributed by atoms with E-state index in [0.29, 0.717) is 18.7 Å². The maximum Gasteiger partial charge on any atom is 0.339 e. The van der Waals surface area contributed by atoms with Gasteiger partial charge in [-0.05, 0) is 37.1 Å². The highest BCUT2D eigenvalue weighted by Gasteiger charge is 2.26. The normalized spacial score (nSPS) is 16.3. The molecular formula is C21H21ClNO3+. The van der Waals surface area contributed by atoms with E-state index in [4.69, 9.17) is 20.8 Å². The Morgan fingerprint density at radius 3 is 2.77 bits per heavy atom. The molecule has 0 aliphatic carbocycles. The Morgan fingerprint density at radius 2 is 2.00 bits per heavy atom. The van der Waals surface area contributed by atoms with Gasteiger partial charge in [-0.1, -0.05) is 36.7 Å². The van der Waals surface area contributed by atoms with Gasteiger partial charge in [0.1, 0.15) is 18.8 Å². The SMILES string of the molecule is CCc1c(C)c2ccc3c(c2oc1=O)C[NH+](Cc1ccccc1Cl)CO3. The summed E-state index contributed by atoms with van der Waals surface area (Å²) in [5.74, 6) is 0.798. The van der Waals surface area contributed by atoms with E-state index in [-0.39, 0.29) is 5.63 Å². The highest BCUT2D eigenvalue weighted by molar-refractivity contribution is 6.31. The van der Waals surface area contributed by atoms with Crippen molar-refractivity contribution in [2.24, 2.45) is 0 Å². The molecule has 0 bridgehead atoms. The van der Waals surface area contributed by atoms with Crippen LogP contribution in [-0.4, -0.2) is 6.73 Å². The van der Waals surface area contributed by atoms with Crippen LogP contribution in [0.15, 0.2) is 45.6 Å². The molecule has 5 heteroatoms.